The predicted octanol–water partition coefficient (Wildman–Crippen LogP) is 4.94. The summed E-state index contributed by atoms with van der Waals surface area (Å²) < 4.78 is 40.8. The third-order valence-corrected chi connectivity index (χ3v) is 5.57. The molecule has 0 saturated carbocycles. The minimum Gasteiger partial charge on any atom is -0.450 e. The van der Waals surface area contributed by atoms with Gasteiger partial charge in [-0.1, -0.05) is 13.8 Å². The van der Waals surface area contributed by atoms with E-state index in [0.717, 1.165) is 12.1 Å². The molecule has 2 N–H and O–H groups in total. The Morgan fingerprint density at radius 1 is 1.17 bits per heavy atom. The number of halogens is 2. The van der Waals surface area contributed by atoms with Gasteiger partial charge < -0.3 is 24.8 Å². The third kappa shape index (κ3) is 7.14. The van der Waals surface area contributed by atoms with E-state index in [0.29, 0.717) is 42.4 Å². The third-order valence-electron chi connectivity index (χ3n) is 5.57. The Kier molecular flexibility index (Phi) is 8.52. The molecule has 1 atom stereocenters. The second kappa shape index (κ2) is 11.2. The number of nitrogens with one attached hydrogen (secondary N) is 1. The number of ether oxygens (including phenoxy) is 2. The molecule has 3 rings (SSSR count). The van der Waals surface area contributed by atoms with Crippen LogP contribution in [-0.4, -0.2) is 58.2 Å². The minimum absolute atomic E-state index is 0.0244. The van der Waals surface area contributed by atoms with Gasteiger partial charge in [0, 0.05) is 24.1 Å². The van der Waals surface area contributed by atoms with E-state index in [-0.39, 0.29) is 17.2 Å². The van der Waals surface area contributed by atoms with E-state index in [1.54, 1.807) is 36.9 Å². The van der Waals surface area contributed by atoms with E-state index in [1.807, 2.05) is 19.0 Å². The van der Waals surface area contributed by atoms with Crippen LogP contribution >= 0.6 is 0 Å². The van der Waals surface area contributed by atoms with Gasteiger partial charge in [0.25, 0.3) is 0 Å². The summed E-state index contributed by atoms with van der Waals surface area (Å²) in [5.74, 6) is -1.47. The smallest absolute Gasteiger partial charge is 0.413 e. The molecule has 0 unspecified atom stereocenters. The molecular formula is C26H34F2N4O4. The van der Waals surface area contributed by atoms with Gasteiger partial charge in [-0.3, -0.25) is 4.68 Å². The van der Waals surface area contributed by atoms with Gasteiger partial charge in [0.05, 0.1) is 23.4 Å². The van der Waals surface area contributed by atoms with Crippen molar-refractivity contribution in [2.24, 2.45) is 5.92 Å². The van der Waals surface area contributed by atoms with E-state index in [9.17, 15) is 18.7 Å². The van der Waals surface area contributed by atoms with Gasteiger partial charge in [-0.2, -0.15) is 5.10 Å². The average molecular weight is 505 g/mol. The van der Waals surface area contributed by atoms with Crippen LogP contribution in [-0.2, 0) is 6.54 Å². The Morgan fingerprint density at radius 3 is 2.50 bits per heavy atom. The number of hydrogen-bond acceptors (Lipinski definition) is 6. The molecule has 0 fully saturated rings. The summed E-state index contributed by atoms with van der Waals surface area (Å²) in [5.41, 5.74) is -0.504. The van der Waals surface area contributed by atoms with Crippen LogP contribution < -0.4 is 14.8 Å². The van der Waals surface area contributed by atoms with Crippen LogP contribution in [0.15, 0.2) is 36.5 Å². The molecule has 196 valence electrons. The Balaban J connectivity index is 1.95. The van der Waals surface area contributed by atoms with Crippen molar-refractivity contribution >= 4 is 17.0 Å². The number of amides is 1. The monoisotopic (exact) mass is 504 g/mol. The summed E-state index contributed by atoms with van der Waals surface area (Å²) in [5, 5.41) is 18.4. The SMILES string of the molecule is CC(C)Cn1ncc2cc(Oc3ccc(F)cc3F)c(OC(=O)N[C@@H](CCN(C)C)C(C)(C)O)cc21. The van der Waals surface area contributed by atoms with Crippen molar-refractivity contribution in [3.8, 4) is 17.2 Å². The highest BCUT2D eigenvalue weighted by Crippen LogP contribution is 2.37. The van der Waals surface area contributed by atoms with Crippen LogP contribution in [0.3, 0.4) is 0 Å². The zero-order valence-corrected chi connectivity index (χ0v) is 21.5. The zero-order chi connectivity index (χ0) is 26.6. The maximum atomic E-state index is 14.3. The molecule has 36 heavy (non-hydrogen) atoms. The van der Waals surface area contributed by atoms with Crippen molar-refractivity contribution in [2.45, 2.75) is 52.3 Å². The first-order chi connectivity index (χ1) is 16.8. The van der Waals surface area contributed by atoms with E-state index >= 15 is 0 Å². The summed E-state index contributed by atoms with van der Waals surface area (Å²) in [4.78, 5) is 14.9. The number of carbonyl (C=O) groups excluding carboxylic acids is 1. The van der Waals surface area contributed by atoms with Crippen LogP contribution in [0.25, 0.3) is 10.9 Å². The highest BCUT2D eigenvalue weighted by atomic mass is 19.1. The molecule has 10 heteroatoms. The zero-order valence-electron chi connectivity index (χ0n) is 21.5. The lowest BCUT2D eigenvalue weighted by Gasteiger charge is -2.30. The van der Waals surface area contributed by atoms with Gasteiger partial charge in [0.2, 0.25) is 0 Å². The molecule has 0 bridgehead atoms. The van der Waals surface area contributed by atoms with Gasteiger partial charge in [0.1, 0.15) is 5.82 Å². The molecular weight excluding hydrogens is 470 g/mol. The van der Waals surface area contributed by atoms with Gasteiger partial charge in [-0.15, -0.1) is 0 Å². The standard InChI is InChI=1S/C26H34F2N4O4/c1-16(2)15-32-20-13-23(36-25(33)30-24(26(3,4)34)9-10-31(5)6)22(11-17(20)14-29-32)35-21-8-7-18(27)12-19(21)28/h7-8,11-14,16,24,34H,9-10,15H2,1-6H3,(H,30,33)/t24-/m0/s1. The van der Waals surface area contributed by atoms with Crippen LogP contribution in [0.2, 0.25) is 0 Å². The Hall–Kier alpha value is -3.24. The molecule has 3 aromatic rings. The first-order valence-corrected chi connectivity index (χ1v) is 11.8. The fourth-order valence-corrected chi connectivity index (χ4v) is 3.67. The highest BCUT2D eigenvalue weighted by Gasteiger charge is 2.29. The first-order valence-electron chi connectivity index (χ1n) is 11.8. The fraction of sp³-hybridized carbons (Fsp3) is 0.462. The van der Waals surface area contributed by atoms with Crippen molar-refractivity contribution in [2.75, 3.05) is 20.6 Å². The largest absolute Gasteiger partial charge is 0.450 e. The molecule has 2 aromatic carbocycles. The maximum Gasteiger partial charge on any atom is 0.413 e. The van der Waals surface area contributed by atoms with Crippen LogP contribution in [0, 0.1) is 17.6 Å². The number of aliphatic hydroxyl groups is 1. The second-order valence-electron chi connectivity index (χ2n) is 10.1. The number of nitrogens with zero attached hydrogens (tertiary/aromatic N) is 3. The fourth-order valence-electron chi connectivity index (χ4n) is 3.67. The average Bonchev–Trinajstić information content (AvgIpc) is 3.13. The Morgan fingerprint density at radius 2 is 1.89 bits per heavy atom. The van der Waals surface area contributed by atoms with Crippen molar-refractivity contribution in [1.29, 1.82) is 0 Å². The first kappa shape index (κ1) is 27.3. The number of hydrogen-bond donors (Lipinski definition) is 2. The molecule has 1 amide bonds. The van der Waals surface area contributed by atoms with Gasteiger partial charge >= 0.3 is 6.09 Å². The number of aromatic nitrogens is 2. The molecule has 0 aliphatic heterocycles. The van der Waals surface area contributed by atoms with E-state index in [4.69, 9.17) is 9.47 Å². The van der Waals surface area contributed by atoms with E-state index in [1.165, 1.54) is 0 Å². The summed E-state index contributed by atoms with van der Waals surface area (Å²) in [7, 11) is 3.79. The van der Waals surface area contributed by atoms with Gasteiger partial charge in [-0.25, -0.2) is 13.6 Å². The van der Waals surface area contributed by atoms with Crippen molar-refractivity contribution in [3.63, 3.8) is 0 Å². The number of benzene rings is 2. The van der Waals surface area contributed by atoms with Crippen molar-refractivity contribution < 1.29 is 28.2 Å². The van der Waals surface area contributed by atoms with Crippen LogP contribution in [0.5, 0.6) is 17.2 Å². The van der Waals surface area contributed by atoms with E-state index in [2.05, 4.69) is 24.3 Å². The number of fused-ring (bicyclic) bond motifs is 1. The lowest BCUT2D eigenvalue weighted by Crippen LogP contribution is -2.51. The van der Waals surface area contributed by atoms with Crippen LogP contribution in [0.1, 0.15) is 34.1 Å². The summed E-state index contributed by atoms with van der Waals surface area (Å²) in [6.45, 7) is 8.59. The molecule has 0 saturated heterocycles. The lowest BCUT2D eigenvalue weighted by atomic mass is 9.96. The number of rotatable bonds is 10. The molecule has 0 aliphatic carbocycles. The topological polar surface area (TPSA) is 88.8 Å². The normalized spacial score (nSPS) is 12.9. The molecule has 8 nitrogen and oxygen atoms in total. The molecule has 0 aliphatic rings. The summed E-state index contributed by atoms with van der Waals surface area (Å²) in [6.07, 6.45) is 1.32. The van der Waals surface area contributed by atoms with Crippen LogP contribution in [0.4, 0.5) is 13.6 Å². The summed E-state index contributed by atoms with van der Waals surface area (Å²) in [6, 6.07) is 5.53. The van der Waals surface area contributed by atoms with Gasteiger partial charge in [0.15, 0.2) is 23.1 Å². The molecule has 0 radical (unpaired) electrons. The minimum atomic E-state index is -1.20. The van der Waals surface area contributed by atoms with Crippen molar-refractivity contribution in [3.05, 3.63) is 48.2 Å². The highest BCUT2D eigenvalue weighted by molar-refractivity contribution is 5.84. The molecule has 1 heterocycles. The van der Waals surface area contributed by atoms with Crippen molar-refractivity contribution in [1.82, 2.24) is 20.0 Å². The Bertz CT molecular complexity index is 1200. The second-order valence-corrected chi connectivity index (χ2v) is 10.1. The quantitative estimate of drug-likeness (QED) is 0.407. The maximum absolute atomic E-state index is 14.3. The summed E-state index contributed by atoms with van der Waals surface area (Å²) >= 11 is 0. The van der Waals surface area contributed by atoms with E-state index < -0.39 is 29.4 Å². The Labute approximate surface area is 209 Å². The predicted molar refractivity (Wildman–Crippen MR) is 133 cm³/mol. The number of carbonyl (C=O) groups is 1. The molecule has 0 spiro atoms. The lowest BCUT2D eigenvalue weighted by molar-refractivity contribution is 0.0330. The van der Waals surface area contributed by atoms with Gasteiger partial charge in [-0.05, 0) is 65.0 Å². The molecule has 1 aromatic heterocycles.